The number of methoxy groups -OCH3 is 1. The van der Waals surface area contributed by atoms with E-state index in [9.17, 15) is 10.1 Å². The molecule has 0 saturated heterocycles. The smallest absolute Gasteiger partial charge is 0.347 e. The minimum Gasteiger partial charge on any atom is -0.543 e. The van der Waals surface area contributed by atoms with Gasteiger partial charge in [0.15, 0.2) is 0 Å². The maximum atomic E-state index is 13.1. The Bertz CT molecular complexity index is 1180. The van der Waals surface area contributed by atoms with E-state index in [0.717, 1.165) is 5.56 Å². The zero-order valence-electron chi connectivity index (χ0n) is 19.0. The first-order chi connectivity index (χ1) is 14.6. The van der Waals surface area contributed by atoms with Crippen LogP contribution in [0.25, 0.3) is 10.8 Å². The van der Waals surface area contributed by atoms with Crippen LogP contribution in [-0.4, -0.2) is 15.4 Å². The van der Waals surface area contributed by atoms with Crippen molar-refractivity contribution in [2.24, 2.45) is 0 Å². The molecular weight excluding hydrogens is 406 g/mol. The summed E-state index contributed by atoms with van der Waals surface area (Å²) in [6.07, 6.45) is 0.549. The molecule has 0 radical (unpaired) electrons. The number of ether oxygens (including phenoxy) is 1. The molecule has 0 saturated carbocycles. The van der Waals surface area contributed by atoms with Crippen molar-refractivity contribution in [3.8, 4) is 17.6 Å². The Morgan fingerprint density at radius 1 is 1.13 bits per heavy atom. The predicted octanol–water partition coefficient (Wildman–Crippen LogP) is 5.84. The summed E-state index contributed by atoms with van der Waals surface area (Å²) in [6.45, 7) is 10.7. The first-order valence-corrected chi connectivity index (χ1v) is 13.2. The van der Waals surface area contributed by atoms with Crippen molar-refractivity contribution in [1.29, 1.82) is 5.26 Å². The van der Waals surface area contributed by atoms with Gasteiger partial charge in [-0.3, -0.25) is 0 Å². The third-order valence-corrected chi connectivity index (χ3v) is 10.4. The number of rotatable bonds is 6. The van der Waals surface area contributed by atoms with E-state index in [-0.39, 0.29) is 11.5 Å². The number of nitriles is 1. The third-order valence-electron chi connectivity index (χ3n) is 6.03. The molecule has 0 spiro atoms. The van der Waals surface area contributed by atoms with Gasteiger partial charge in [-0.1, -0.05) is 51.1 Å². The van der Waals surface area contributed by atoms with Crippen LogP contribution in [0.5, 0.6) is 11.5 Å². The van der Waals surface area contributed by atoms with E-state index >= 15 is 0 Å². The van der Waals surface area contributed by atoms with Crippen LogP contribution in [0.15, 0.2) is 51.7 Å². The van der Waals surface area contributed by atoms with E-state index in [1.165, 1.54) is 0 Å². The first kappa shape index (κ1) is 22.6. The van der Waals surface area contributed by atoms with Crippen LogP contribution in [-0.2, 0) is 12.8 Å². The fourth-order valence-corrected chi connectivity index (χ4v) is 4.25. The molecule has 0 aliphatic carbocycles. The van der Waals surface area contributed by atoms with Crippen LogP contribution in [0, 0.1) is 11.3 Å². The van der Waals surface area contributed by atoms with Gasteiger partial charge in [0.05, 0.1) is 19.6 Å². The molecule has 1 aromatic heterocycles. The second-order valence-corrected chi connectivity index (χ2v) is 13.9. The molecule has 31 heavy (non-hydrogen) atoms. The summed E-state index contributed by atoms with van der Waals surface area (Å²) in [5, 5.41) is 10.5. The Hall–Kier alpha value is -3.04. The summed E-state index contributed by atoms with van der Waals surface area (Å²) in [4.78, 5) is 13.1. The van der Waals surface area contributed by atoms with Crippen molar-refractivity contribution in [3.05, 3.63) is 69.8 Å². The van der Waals surface area contributed by atoms with Crippen LogP contribution in [0.1, 0.15) is 37.7 Å². The minimum atomic E-state index is -2.23. The van der Waals surface area contributed by atoms with E-state index in [1.54, 1.807) is 19.2 Å². The Labute approximate surface area is 184 Å². The van der Waals surface area contributed by atoms with Crippen molar-refractivity contribution in [3.63, 3.8) is 0 Å². The van der Waals surface area contributed by atoms with E-state index in [0.29, 0.717) is 40.0 Å². The van der Waals surface area contributed by atoms with Gasteiger partial charge in [-0.25, -0.2) is 4.79 Å². The topological polar surface area (TPSA) is 72.5 Å². The van der Waals surface area contributed by atoms with Crippen LogP contribution in [0.4, 0.5) is 0 Å². The van der Waals surface area contributed by atoms with E-state index in [2.05, 4.69) is 39.9 Å². The normalized spacial score (nSPS) is 11.9. The van der Waals surface area contributed by atoms with Crippen molar-refractivity contribution >= 4 is 19.1 Å². The zero-order valence-corrected chi connectivity index (χ0v) is 20.0. The van der Waals surface area contributed by atoms with Gasteiger partial charge in [0, 0.05) is 23.4 Å². The summed E-state index contributed by atoms with van der Waals surface area (Å²) >= 11 is 0. The minimum absolute atomic E-state index is 0.0503. The highest BCUT2D eigenvalue weighted by Gasteiger charge is 2.39. The maximum Gasteiger partial charge on any atom is 0.347 e. The molecule has 6 heteroatoms. The lowest BCUT2D eigenvalue weighted by Crippen LogP contribution is -2.44. The highest BCUT2D eigenvalue weighted by atomic mass is 28.4. The summed E-state index contributed by atoms with van der Waals surface area (Å²) in [7, 11) is -0.652. The fraction of sp³-hybridized carbons (Fsp3) is 0.360. The summed E-state index contributed by atoms with van der Waals surface area (Å²) in [5.41, 5.74) is 1.24. The second kappa shape index (κ2) is 8.60. The van der Waals surface area contributed by atoms with Gasteiger partial charge in [0.2, 0.25) is 0 Å². The molecule has 0 fully saturated rings. The monoisotopic (exact) mass is 435 g/mol. The second-order valence-electron chi connectivity index (χ2n) is 9.20. The molecule has 0 unspecified atom stereocenters. The standard InChI is InChI=1S/C25H29NO4Si/c1-25(2,3)31(5,6)30-22-16-18(28-4)15-20-19(12-13-26)21(29-24(27)23(20)22)14-17-10-8-7-9-11-17/h7-11,15-16H,12,14H2,1-6H3. The van der Waals surface area contributed by atoms with Gasteiger partial charge in [0.1, 0.15) is 22.6 Å². The number of nitrogens with zero attached hydrogens (tertiary/aromatic N) is 1. The molecule has 162 valence electrons. The van der Waals surface area contributed by atoms with E-state index in [1.807, 2.05) is 30.3 Å². The van der Waals surface area contributed by atoms with Crippen LogP contribution in [0.3, 0.4) is 0 Å². The average Bonchev–Trinajstić information content (AvgIpc) is 2.70. The van der Waals surface area contributed by atoms with E-state index in [4.69, 9.17) is 13.6 Å². The number of fused-ring (bicyclic) bond motifs is 1. The molecule has 3 aromatic rings. The van der Waals surface area contributed by atoms with Gasteiger partial charge in [-0.15, -0.1) is 0 Å². The molecule has 2 aromatic carbocycles. The Morgan fingerprint density at radius 2 is 1.81 bits per heavy atom. The van der Waals surface area contributed by atoms with Gasteiger partial charge in [-0.05, 0) is 29.8 Å². The van der Waals surface area contributed by atoms with Crippen molar-refractivity contribution < 1.29 is 13.6 Å². The van der Waals surface area contributed by atoms with Crippen LogP contribution in [0.2, 0.25) is 18.1 Å². The van der Waals surface area contributed by atoms with Gasteiger partial charge < -0.3 is 13.6 Å². The molecule has 5 nitrogen and oxygen atoms in total. The quantitative estimate of drug-likeness (QED) is 0.455. The molecular formula is C25H29NO4Si. The lowest BCUT2D eigenvalue weighted by Gasteiger charge is -2.36. The predicted molar refractivity (Wildman–Crippen MR) is 125 cm³/mol. The first-order valence-electron chi connectivity index (χ1n) is 10.3. The van der Waals surface area contributed by atoms with Gasteiger partial charge >= 0.3 is 5.63 Å². The zero-order chi connectivity index (χ0) is 22.8. The van der Waals surface area contributed by atoms with Crippen LogP contribution >= 0.6 is 0 Å². The molecule has 0 bridgehead atoms. The lowest BCUT2D eigenvalue weighted by molar-refractivity contribution is 0.411. The third kappa shape index (κ3) is 4.67. The molecule has 0 N–H and O–H groups in total. The molecule has 0 amide bonds. The van der Waals surface area contributed by atoms with Crippen molar-refractivity contribution in [1.82, 2.24) is 0 Å². The summed E-state index contributed by atoms with van der Waals surface area (Å²) in [6, 6.07) is 15.5. The Morgan fingerprint density at radius 3 is 2.39 bits per heavy atom. The lowest BCUT2D eigenvalue weighted by atomic mass is 9.98. The SMILES string of the molecule is COc1cc(O[Si](C)(C)C(C)(C)C)c2c(=O)oc(Cc3ccccc3)c(CC#N)c2c1. The summed E-state index contributed by atoms with van der Waals surface area (Å²) in [5.74, 6) is 1.54. The number of hydrogen-bond donors (Lipinski definition) is 0. The maximum absolute atomic E-state index is 13.1. The number of hydrogen-bond acceptors (Lipinski definition) is 5. The van der Waals surface area contributed by atoms with Gasteiger partial charge in [-0.2, -0.15) is 5.26 Å². The highest BCUT2D eigenvalue weighted by Crippen LogP contribution is 2.41. The van der Waals surface area contributed by atoms with Gasteiger partial charge in [0.25, 0.3) is 8.32 Å². The number of benzene rings is 2. The molecule has 0 aliphatic heterocycles. The van der Waals surface area contributed by atoms with Crippen molar-refractivity contribution in [2.75, 3.05) is 7.11 Å². The molecule has 0 atom stereocenters. The molecule has 0 aliphatic rings. The molecule has 1 heterocycles. The van der Waals surface area contributed by atoms with Crippen LogP contribution < -0.4 is 14.8 Å². The Balaban J connectivity index is 2.27. The van der Waals surface area contributed by atoms with Crippen molar-refractivity contribution in [2.45, 2.75) is 51.7 Å². The molecule has 3 rings (SSSR count). The largest absolute Gasteiger partial charge is 0.543 e. The van der Waals surface area contributed by atoms with E-state index < -0.39 is 13.9 Å². The highest BCUT2D eigenvalue weighted by molar-refractivity contribution is 6.74. The fourth-order valence-electron chi connectivity index (χ4n) is 3.24. The Kier molecular flexibility index (Phi) is 6.28. The summed E-state index contributed by atoms with van der Waals surface area (Å²) < 4.78 is 17.8. The average molecular weight is 436 g/mol.